The van der Waals surface area contributed by atoms with Gasteiger partial charge in [-0.2, -0.15) is 0 Å². The Hall–Kier alpha value is -2.54. The fourth-order valence-corrected chi connectivity index (χ4v) is 4.19. The number of benzene rings is 2. The minimum Gasteiger partial charge on any atom is -0.493 e. The topological polar surface area (TPSA) is 75.7 Å². The molecular formula is C22H28N2O4S. The fourth-order valence-electron chi connectivity index (χ4n) is 3.14. The molecule has 1 N–H and O–H groups in total. The number of likely N-dealkylation sites (tertiary alicyclic amines) is 1. The third-order valence-corrected chi connectivity index (χ3v) is 6.13. The zero-order valence-corrected chi connectivity index (χ0v) is 17.7. The minimum atomic E-state index is -3.69. The zero-order valence-electron chi connectivity index (χ0n) is 16.9. The van der Waals surface area contributed by atoms with Gasteiger partial charge in [0.1, 0.15) is 5.75 Å². The number of hydrogen-bond donors (Lipinski definition) is 1. The van der Waals surface area contributed by atoms with E-state index in [0.29, 0.717) is 30.4 Å². The number of anilines is 1. The van der Waals surface area contributed by atoms with E-state index in [0.717, 1.165) is 31.5 Å². The quantitative estimate of drug-likeness (QED) is 0.712. The molecule has 2 aromatic rings. The van der Waals surface area contributed by atoms with Gasteiger partial charge in [-0.3, -0.25) is 9.52 Å². The summed E-state index contributed by atoms with van der Waals surface area (Å²) in [5.41, 5.74) is 1.33. The maximum Gasteiger partial charge on any atom is 0.261 e. The molecular weight excluding hydrogens is 388 g/mol. The molecule has 0 radical (unpaired) electrons. The Bertz CT molecular complexity index is 916. The number of rotatable bonds is 8. The van der Waals surface area contributed by atoms with Gasteiger partial charge in [-0.05, 0) is 60.7 Å². The molecule has 0 bridgehead atoms. The highest BCUT2D eigenvalue weighted by atomic mass is 32.2. The highest BCUT2D eigenvalue weighted by molar-refractivity contribution is 7.92. The predicted molar refractivity (Wildman–Crippen MR) is 114 cm³/mol. The van der Waals surface area contributed by atoms with Crippen molar-refractivity contribution in [2.75, 3.05) is 24.4 Å². The standard InChI is InChI=1S/C22H28N2O4S/c1-17(2)16-28-20-9-11-21(12-10-20)29(26,27)23-19-7-5-18(6-8-19)15-22(25)24-13-3-4-14-24/h5-12,17,23H,3-4,13-16H2,1-2H3. The van der Waals surface area contributed by atoms with E-state index in [9.17, 15) is 13.2 Å². The number of carbonyl (C=O) groups excluding carboxylic acids is 1. The van der Waals surface area contributed by atoms with Crippen molar-refractivity contribution in [2.45, 2.75) is 38.0 Å². The van der Waals surface area contributed by atoms with Crippen LogP contribution in [0.5, 0.6) is 5.75 Å². The van der Waals surface area contributed by atoms with E-state index in [2.05, 4.69) is 18.6 Å². The molecule has 1 heterocycles. The lowest BCUT2D eigenvalue weighted by molar-refractivity contribution is -0.129. The number of carbonyl (C=O) groups is 1. The van der Waals surface area contributed by atoms with Crippen molar-refractivity contribution < 1.29 is 17.9 Å². The number of amides is 1. The molecule has 3 rings (SSSR count). The second-order valence-electron chi connectivity index (χ2n) is 7.74. The molecule has 1 fully saturated rings. The van der Waals surface area contributed by atoms with Crippen LogP contribution in [-0.2, 0) is 21.2 Å². The van der Waals surface area contributed by atoms with Gasteiger partial charge in [0.05, 0.1) is 17.9 Å². The molecule has 7 heteroatoms. The predicted octanol–water partition coefficient (Wildman–Crippen LogP) is 3.69. The van der Waals surface area contributed by atoms with E-state index in [1.807, 2.05) is 4.90 Å². The van der Waals surface area contributed by atoms with E-state index >= 15 is 0 Å². The summed E-state index contributed by atoms with van der Waals surface area (Å²) in [6, 6.07) is 13.3. The van der Waals surface area contributed by atoms with Gasteiger partial charge in [-0.25, -0.2) is 8.42 Å². The van der Waals surface area contributed by atoms with Crippen molar-refractivity contribution in [3.63, 3.8) is 0 Å². The zero-order chi connectivity index (χ0) is 20.9. The van der Waals surface area contributed by atoms with E-state index in [-0.39, 0.29) is 10.8 Å². The number of ether oxygens (including phenoxy) is 1. The summed E-state index contributed by atoms with van der Waals surface area (Å²) >= 11 is 0. The summed E-state index contributed by atoms with van der Waals surface area (Å²) in [5.74, 6) is 1.16. The molecule has 0 unspecified atom stereocenters. The smallest absolute Gasteiger partial charge is 0.261 e. The van der Waals surface area contributed by atoms with Crippen LogP contribution < -0.4 is 9.46 Å². The molecule has 0 aromatic heterocycles. The van der Waals surface area contributed by atoms with Crippen molar-refractivity contribution in [1.82, 2.24) is 4.90 Å². The first-order valence-electron chi connectivity index (χ1n) is 9.96. The van der Waals surface area contributed by atoms with Gasteiger partial charge in [0.25, 0.3) is 10.0 Å². The molecule has 6 nitrogen and oxygen atoms in total. The highest BCUT2D eigenvalue weighted by Crippen LogP contribution is 2.20. The van der Waals surface area contributed by atoms with Crippen LogP contribution >= 0.6 is 0 Å². The Balaban J connectivity index is 1.60. The Labute approximate surface area is 172 Å². The number of sulfonamides is 1. The lowest BCUT2D eigenvalue weighted by Gasteiger charge is -2.15. The molecule has 0 spiro atoms. The summed E-state index contributed by atoms with van der Waals surface area (Å²) in [7, 11) is -3.69. The maximum atomic E-state index is 12.6. The molecule has 29 heavy (non-hydrogen) atoms. The van der Waals surface area contributed by atoms with E-state index in [4.69, 9.17) is 4.74 Å². The van der Waals surface area contributed by atoms with Crippen LogP contribution in [0.2, 0.25) is 0 Å². The maximum absolute atomic E-state index is 12.6. The first kappa shape index (κ1) is 21.2. The van der Waals surface area contributed by atoms with Gasteiger partial charge in [0.15, 0.2) is 0 Å². The van der Waals surface area contributed by atoms with Gasteiger partial charge in [-0.1, -0.05) is 26.0 Å². The molecule has 1 saturated heterocycles. The summed E-state index contributed by atoms with van der Waals surface area (Å²) < 4.78 is 33.4. The van der Waals surface area contributed by atoms with Gasteiger partial charge >= 0.3 is 0 Å². The fraction of sp³-hybridized carbons (Fsp3) is 0.409. The van der Waals surface area contributed by atoms with Crippen molar-refractivity contribution in [1.29, 1.82) is 0 Å². The SMILES string of the molecule is CC(C)COc1ccc(S(=O)(=O)Nc2ccc(CC(=O)N3CCCC3)cc2)cc1. The first-order chi connectivity index (χ1) is 13.8. The summed E-state index contributed by atoms with van der Waals surface area (Å²) in [4.78, 5) is 14.3. The van der Waals surface area contributed by atoms with Gasteiger partial charge in [0.2, 0.25) is 5.91 Å². The summed E-state index contributed by atoms with van der Waals surface area (Å²) in [6.07, 6.45) is 2.47. The second-order valence-corrected chi connectivity index (χ2v) is 9.43. The Morgan fingerprint density at radius 1 is 1.03 bits per heavy atom. The molecule has 1 amide bonds. The van der Waals surface area contributed by atoms with E-state index in [1.165, 1.54) is 12.1 Å². The first-order valence-corrected chi connectivity index (χ1v) is 11.4. The third kappa shape index (κ3) is 5.97. The third-order valence-electron chi connectivity index (χ3n) is 4.74. The van der Waals surface area contributed by atoms with Gasteiger partial charge in [-0.15, -0.1) is 0 Å². The Morgan fingerprint density at radius 3 is 2.24 bits per heavy atom. The number of nitrogens with one attached hydrogen (secondary N) is 1. The number of nitrogens with zero attached hydrogens (tertiary/aromatic N) is 1. The lowest BCUT2D eigenvalue weighted by Crippen LogP contribution is -2.29. The van der Waals surface area contributed by atoms with Crippen molar-refractivity contribution in [2.24, 2.45) is 5.92 Å². The van der Waals surface area contributed by atoms with Crippen LogP contribution in [0.3, 0.4) is 0 Å². The molecule has 156 valence electrons. The average molecular weight is 417 g/mol. The summed E-state index contributed by atoms with van der Waals surface area (Å²) in [5, 5.41) is 0. The van der Waals surface area contributed by atoms with Crippen molar-refractivity contribution in [3.05, 3.63) is 54.1 Å². The van der Waals surface area contributed by atoms with Crippen LogP contribution in [0.15, 0.2) is 53.4 Å². The monoisotopic (exact) mass is 416 g/mol. The average Bonchev–Trinajstić information content (AvgIpc) is 3.23. The molecule has 0 aliphatic carbocycles. The van der Waals surface area contributed by atoms with Gasteiger partial charge in [0, 0.05) is 18.8 Å². The van der Waals surface area contributed by atoms with Crippen LogP contribution in [-0.4, -0.2) is 38.9 Å². The van der Waals surface area contributed by atoms with Crippen LogP contribution in [0, 0.1) is 5.92 Å². The molecule has 0 atom stereocenters. The van der Waals surface area contributed by atoms with Crippen LogP contribution in [0.1, 0.15) is 32.3 Å². The van der Waals surface area contributed by atoms with E-state index in [1.54, 1.807) is 36.4 Å². The Morgan fingerprint density at radius 2 is 1.66 bits per heavy atom. The Kier molecular flexibility index (Phi) is 6.79. The molecule has 0 saturated carbocycles. The lowest BCUT2D eigenvalue weighted by atomic mass is 10.1. The normalized spacial score (nSPS) is 14.2. The molecule has 2 aromatic carbocycles. The minimum absolute atomic E-state index is 0.121. The van der Waals surface area contributed by atoms with Gasteiger partial charge < -0.3 is 9.64 Å². The molecule has 1 aliphatic rings. The van der Waals surface area contributed by atoms with Crippen LogP contribution in [0.25, 0.3) is 0 Å². The van der Waals surface area contributed by atoms with Crippen molar-refractivity contribution in [3.8, 4) is 5.75 Å². The van der Waals surface area contributed by atoms with Crippen LogP contribution in [0.4, 0.5) is 5.69 Å². The highest BCUT2D eigenvalue weighted by Gasteiger charge is 2.18. The summed E-state index contributed by atoms with van der Waals surface area (Å²) in [6.45, 7) is 6.35. The largest absolute Gasteiger partial charge is 0.493 e. The second kappa shape index (κ2) is 9.31. The molecule has 1 aliphatic heterocycles. The van der Waals surface area contributed by atoms with Crippen molar-refractivity contribution >= 4 is 21.6 Å². The number of hydrogen-bond acceptors (Lipinski definition) is 4. The van der Waals surface area contributed by atoms with E-state index < -0.39 is 10.0 Å².